The first-order chi connectivity index (χ1) is 8.81. The third-order valence-corrected chi connectivity index (χ3v) is 4.74. The third-order valence-electron chi connectivity index (χ3n) is 3.47. The van der Waals surface area contributed by atoms with Crippen LogP contribution < -0.4 is 0 Å². The van der Waals surface area contributed by atoms with Gasteiger partial charge in [-0.2, -0.15) is 0 Å². The Kier molecular flexibility index (Phi) is 5.18. The molecule has 2 rings (SSSR count). The Morgan fingerprint density at radius 1 is 1.11 bits per heavy atom. The van der Waals surface area contributed by atoms with Gasteiger partial charge in [0.2, 0.25) is 0 Å². The van der Waals surface area contributed by atoms with Crippen LogP contribution in [0.25, 0.3) is 10.2 Å². The fraction of sp³-hybridized carbons (Fsp3) is 0.562. The number of aromatic nitrogens is 1. The van der Waals surface area contributed by atoms with Gasteiger partial charge in [0, 0.05) is 5.92 Å². The fourth-order valence-corrected chi connectivity index (χ4v) is 3.33. The molecule has 0 aliphatic carbocycles. The van der Waals surface area contributed by atoms with Gasteiger partial charge in [0.1, 0.15) is 0 Å². The Labute approximate surface area is 114 Å². The summed E-state index contributed by atoms with van der Waals surface area (Å²) in [5, 5.41) is 1.31. The summed E-state index contributed by atoms with van der Waals surface area (Å²) in [7, 11) is 0. The standard InChI is InChI=1S/C16H23NS/c1-3-4-5-6-7-10-13(2)16-17-14-11-8-9-12-15(14)18-16/h8-9,11-13H,3-7,10H2,1-2H3. The molecular weight excluding hydrogens is 238 g/mol. The number of para-hydroxylation sites is 1. The van der Waals surface area contributed by atoms with E-state index in [0.29, 0.717) is 5.92 Å². The van der Waals surface area contributed by atoms with Crippen LogP contribution in [0.15, 0.2) is 24.3 Å². The van der Waals surface area contributed by atoms with E-state index in [-0.39, 0.29) is 0 Å². The van der Waals surface area contributed by atoms with Crippen LogP contribution in [0, 0.1) is 0 Å². The van der Waals surface area contributed by atoms with Crippen LogP contribution in [0.4, 0.5) is 0 Å². The van der Waals surface area contributed by atoms with Crippen LogP contribution >= 0.6 is 11.3 Å². The molecule has 1 unspecified atom stereocenters. The van der Waals surface area contributed by atoms with E-state index < -0.39 is 0 Å². The number of benzene rings is 1. The van der Waals surface area contributed by atoms with Gasteiger partial charge in [0.15, 0.2) is 0 Å². The molecule has 0 fully saturated rings. The van der Waals surface area contributed by atoms with Gasteiger partial charge in [-0.15, -0.1) is 11.3 Å². The highest BCUT2D eigenvalue weighted by Gasteiger charge is 2.10. The second-order valence-electron chi connectivity index (χ2n) is 5.12. The lowest BCUT2D eigenvalue weighted by Gasteiger charge is -2.07. The maximum Gasteiger partial charge on any atom is 0.0966 e. The summed E-state index contributed by atoms with van der Waals surface area (Å²) in [5.41, 5.74) is 1.16. The Morgan fingerprint density at radius 3 is 2.67 bits per heavy atom. The summed E-state index contributed by atoms with van der Waals surface area (Å²) in [5.74, 6) is 0.615. The lowest BCUT2D eigenvalue weighted by Crippen LogP contribution is -1.92. The van der Waals surface area contributed by atoms with Crippen molar-refractivity contribution in [3.05, 3.63) is 29.3 Å². The Balaban J connectivity index is 1.86. The number of hydrogen-bond donors (Lipinski definition) is 0. The van der Waals surface area contributed by atoms with Crippen LogP contribution in [-0.2, 0) is 0 Å². The molecule has 0 N–H and O–H groups in total. The Morgan fingerprint density at radius 2 is 1.89 bits per heavy atom. The molecule has 1 aromatic heterocycles. The van der Waals surface area contributed by atoms with Crippen LogP contribution in [-0.4, -0.2) is 4.98 Å². The summed E-state index contributed by atoms with van der Waals surface area (Å²) in [6, 6.07) is 8.45. The van der Waals surface area contributed by atoms with E-state index in [1.807, 2.05) is 11.3 Å². The number of rotatable bonds is 7. The van der Waals surface area contributed by atoms with E-state index in [2.05, 4.69) is 38.1 Å². The van der Waals surface area contributed by atoms with Crippen LogP contribution in [0.3, 0.4) is 0 Å². The molecule has 2 aromatic rings. The first-order valence-electron chi connectivity index (χ1n) is 7.16. The predicted molar refractivity (Wildman–Crippen MR) is 81.4 cm³/mol. The highest BCUT2D eigenvalue weighted by Crippen LogP contribution is 2.30. The smallest absolute Gasteiger partial charge is 0.0966 e. The van der Waals surface area contributed by atoms with Crippen molar-refractivity contribution in [1.29, 1.82) is 0 Å². The van der Waals surface area contributed by atoms with E-state index >= 15 is 0 Å². The molecule has 0 aliphatic heterocycles. The second-order valence-corrected chi connectivity index (χ2v) is 6.19. The first kappa shape index (κ1) is 13.5. The Bertz CT molecular complexity index is 442. The molecule has 2 heteroatoms. The molecule has 0 amide bonds. The highest BCUT2D eigenvalue weighted by molar-refractivity contribution is 7.18. The number of hydrogen-bond acceptors (Lipinski definition) is 2. The molecule has 1 heterocycles. The maximum absolute atomic E-state index is 4.75. The molecule has 98 valence electrons. The second kappa shape index (κ2) is 6.89. The summed E-state index contributed by atoms with van der Waals surface area (Å²) in [4.78, 5) is 4.75. The minimum absolute atomic E-state index is 0.615. The minimum atomic E-state index is 0.615. The van der Waals surface area contributed by atoms with E-state index in [9.17, 15) is 0 Å². The molecule has 0 spiro atoms. The largest absolute Gasteiger partial charge is 0.241 e. The summed E-state index contributed by atoms with van der Waals surface area (Å²) < 4.78 is 1.32. The fourth-order valence-electron chi connectivity index (χ4n) is 2.28. The third kappa shape index (κ3) is 3.55. The number of thiazole rings is 1. The van der Waals surface area contributed by atoms with Crippen molar-refractivity contribution >= 4 is 21.6 Å². The molecule has 1 aromatic carbocycles. The summed E-state index contributed by atoms with van der Waals surface area (Å²) in [6.07, 6.45) is 8.11. The Hall–Kier alpha value is -0.890. The van der Waals surface area contributed by atoms with Gasteiger partial charge in [-0.25, -0.2) is 4.98 Å². The zero-order valence-electron chi connectivity index (χ0n) is 11.5. The molecule has 0 bridgehead atoms. The monoisotopic (exact) mass is 261 g/mol. The predicted octanol–water partition coefficient (Wildman–Crippen LogP) is 5.76. The van der Waals surface area contributed by atoms with Crippen molar-refractivity contribution in [2.24, 2.45) is 0 Å². The molecule has 0 saturated carbocycles. The van der Waals surface area contributed by atoms with Crippen molar-refractivity contribution in [3.8, 4) is 0 Å². The lowest BCUT2D eigenvalue weighted by molar-refractivity contribution is 0.566. The summed E-state index contributed by atoms with van der Waals surface area (Å²) >= 11 is 1.86. The van der Waals surface area contributed by atoms with Gasteiger partial charge < -0.3 is 0 Å². The zero-order chi connectivity index (χ0) is 12.8. The zero-order valence-corrected chi connectivity index (χ0v) is 12.3. The lowest BCUT2D eigenvalue weighted by atomic mass is 10.0. The van der Waals surface area contributed by atoms with Crippen LogP contribution in [0.5, 0.6) is 0 Å². The average molecular weight is 261 g/mol. The van der Waals surface area contributed by atoms with Crippen molar-refractivity contribution < 1.29 is 0 Å². The van der Waals surface area contributed by atoms with Gasteiger partial charge in [0.25, 0.3) is 0 Å². The van der Waals surface area contributed by atoms with E-state index in [0.717, 1.165) is 5.52 Å². The van der Waals surface area contributed by atoms with E-state index in [1.54, 1.807) is 0 Å². The van der Waals surface area contributed by atoms with Crippen LogP contribution in [0.2, 0.25) is 0 Å². The van der Waals surface area contributed by atoms with Crippen molar-refractivity contribution in [2.75, 3.05) is 0 Å². The quantitative estimate of drug-likeness (QED) is 0.577. The number of fused-ring (bicyclic) bond motifs is 1. The SMILES string of the molecule is CCCCCCCC(C)c1nc2ccccc2s1. The molecule has 1 nitrogen and oxygen atoms in total. The minimum Gasteiger partial charge on any atom is -0.241 e. The average Bonchev–Trinajstić information content (AvgIpc) is 2.82. The molecule has 0 aliphatic rings. The topological polar surface area (TPSA) is 12.9 Å². The van der Waals surface area contributed by atoms with Crippen molar-refractivity contribution in [1.82, 2.24) is 4.98 Å². The van der Waals surface area contributed by atoms with E-state index in [4.69, 9.17) is 4.98 Å². The molecule has 18 heavy (non-hydrogen) atoms. The van der Waals surface area contributed by atoms with Crippen molar-refractivity contribution in [3.63, 3.8) is 0 Å². The van der Waals surface area contributed by atoms with Gasteiger partial charge in [-0.05, 0) is 18.6 Å². The highest BCUT2D eigenvalue weighted by atomic mass is 32.1. The summed E-state index contributed by atoms with van der Waals surface area (Å²) in [6.45, 7) is 4.58. The normalized spacial score (nSPS) is 13.0. The number of nitrogens with zero attached hydrogens (tertiary/aromatic N) is 1. The molecular formula is C16H23NS. The van der Waals surface area contributed by atoms with Gasteiger partial charge in [-0.1, -0.05) is 58.1 Å². The molecule has 0 saturated heterocycles. The van der Waals surface area contributed by atoms with Crippen LogP contribution in [0.1, 0.15) is 63.3 Å². The van der Waals surface area contributed by atoms with Gasteiger partial charge in [0.05, 0.1) is 15.2 Å². The maximum atomic E-state index is 4.75. The van der Waals surface area contributed by atoms with Gasteiger partial charge >= 0.3 is 0 Å². The first-order valence-corrected chi connectivity index (χ1v) is 7.98. The van der Waals surface area contributed by atoms with Crippen molar-refractivity contribution in [2.45, 2.75) is 58.3 Å². The molecule has 1 atom stereocenters. The van der Waals surface area contributed by atoms with E-state index in [1.165, 1.54) is 48.2 Å². The number of unbranched alkanes of at least 4 members (excludes halogenated alkanes) is 4. The molecule has 0 radical (unpaired) electrons. The van der Waals surface area contributed by atoms with Gasteiger partial charge in [-0.3, -0.25) is 0 Å².